The predicted octanol–water partition coefficient (Wildman–Crippen LogP) is 3.96. The largest absolute Gasteiger partial charge is 0.462 e. The fraction of sp³-hybridized carbons (Fsp3) is 0.263. The number of halogens is 2. The third-order valence-corrected chi connectivity index (χ3v) is 5.72. The van der Waals surface area contributed by atoms with Crippen LogP contribution in [0.1, 0.15) is 24.2 Å². The highest BCUT2D eigenvalue weighted by Gasteiger charge is 2.29. The van der Waals surface area contributed by atoms with Crippen LogP contribution < -0.4 is 9.62 Å². The van der Waals surface area contributed by atoms with Crippen molar-refractivity contribution in [3.05, 3.63) is 58.1 Å². The number of nitrogens with one attached hydrogen (secondary N) is 1. The summed E-state index contributed by atoms with van der Waals surface area (Å²) in [5, 5.41) is 3.21. The molecule has 0 heterocycles. The van der Waals surface area contributed by atoms with Crippen molar-refractivity contribution in [2.75, 3.05) is 22.5 Å². The molecule has 0 fully saturated rings. The molecule has 0 aliphatic rings. The molecule has 0 radical (unpaired) electrons. The number of ether oxygens (including phenoxy) is 1. The van der Waals surface area contributed by atoms with Gasteiger partial charge in [-0.3, -0.25) is 9.10 Å². The van der Waals surface area contributed by atoms with Crippen LogP contribution in [0.15, 0.2) is 42.5 Å². The molecule has 0 aliphatic carbocycles. The standard InChI is InChI=1S/C19H20Cl2N2O5S/c1-4-28-19(25)16-11-14(7-10-17(16)21)22-18(24)12(2)23(29(3,26)27)15-8-5-13(20)6-9-15/h5-12H,4H2,1-3H3,(H,22,24)/t12-/m1/s1. The number of hydrogen-bond acceptors (Lipinski definition) is 5. The zero-order valence-electron chi connectivity index (χ0n) is 16.0. The van der Waals surface area contributed by atoms with E-state index in [-0.39, 0.29) is 22.9 Å². The van der Waals surface area contributed by atoms with Gasteiger partial charge < -0.3 is 10.1 Å². The number of esters is 1. The highest BCUT2D eigenvalue weighted by Crippen LogP contribution is 2.25. The summed E-state index contributed by atoms with van der Waals surface area (Å²) in [7, 11) is -3.77. The fourth-order valence-corrected chi connectivity index (χ4v) is 4.11. The SMILES string of the molecule is CCOC(=O)c1cc(NC(=O)[C@@H](C)N(c2ccc(Cl)cc2)S(C)(=O)=O)ccc1Cl. The first-order valence-electron chi connectivity index (χ1n) is 8.57. The van der Waals surface area contributed by atoms with E-state index in [1.54, 1.807) is 6.92 Å². The first-order valence-corrected chi connectivity index (χ1v) is 11.2. The van der Waals surface area contributed by atoms with Crippen molar-refractivity contribution in [1.82, 2.24) is 0 Å². The van der Waals surface area contributed by atoms with Gasteiger partial charge >= 0.3 is 5.97 Å². The van der Waals surface area contributed by atoms with E-state index in [1.165, 1.54) is 49.4 Å². The van der Waals surface area contributed by atoms with Gasteiger partial charge in [-0.2, -0.15) is 0 Å². The van der Waals surface area contributed by atoms with Crippen molar-refractivity contribution < 1.29 is 22.7 Å². The summed E-state index contributed by atoms with van der Waals surface area (Å²) >= 11 is 11.9. The van der Waals surface area contributed by atoms with E-state index in [9.17, 15) is 18.0 Å². The molecular weight excluding hydrogens is 439 g/mol. The Morgan fingerprint density at radius 3 is 2.31 bits per heavy atom. The number of sulfonamides is 1. The van der Waals surface area contributed by atoms with Gasteiger partial charge in [-0.1, -0.05) is 23.2 Å². The Labute approximate surface area is 179 Å². The van der Waals surface area contributed by atoms with Gasteiger partial charge in [0.2, 0.25) is 15.9 Å². The van der Waals surface area contributed by atoms with Crippen molar-refractivity contribution in [3.63, 3.8) is 0 Å². The molecule has 2 aromatic carbocycles. The topological polar surface area (TPSA) is 92.8 Å². The average molecular weight is 459 g/mol. The summed E-state index contributed by atoms with van der Waals surface area (Å²) in [6, 6.07) is 9.33. The molecule has 2 aromatic rings. The summed E-state index contributed by atoms with van der Waals surface area (Å²) in [5.41, 5.74) is 0.665. The van der Waals surface area contributed by atoms with Gasteiger partial charge in [-0.15, -0.1) is 0 Å². The van der Waals surface area contributed by atoms with Gasteiger partial charge in [0, 0.05) is 10.7 Å². The van der Waals surface area contributed by atoms with E-state index in [1.807, 2.05) is 0 Å². The van der Waals surface area contributed by atoms with Crippen molar-refractivity contribution >= 4 is 56.5 Å². The van der Waals surface area contributed by atoms with Crippen LogP contribution in [-0.4, -0.2) is 39.2 Å². The molecule has 2 rings (SSSR count). The van der Waals surface area contributed by atoms with Crippen LogP contribution in [0.2, 0.25) is 10.0 Å². The highest BCUT2D eigenvalue weighted by atomic mass is 35.5. The molecule has 156 valence electrons. The maximum atomic E-state index is 12.7. The first kappa shape index (κ1) is 23.0. The fourth-order valence-electron chi connectivity index (χ4n) is 2.61. The summed E-state index contributed by atoms with van der Waals surface area (Å²) in [5.74, 6) is -1.22. The van der Waals surface area contributed by atoms with Crippen LogP contribution in [0.3, 0.4) is 0 Å². The number of carbonyl (C=O) groups excluding carboxylic acids is 2. The lowest BCUT2D eigenvalue weighted by Crippen LogP contribution is -2.45. The van der Waals surface area contributed by atoms with Crippen molar-refractivity contribution in [3.8, 4) is 0 Å². The number of anilines is 2. The molecule has 29 heavy (non-hydrogen) atoms. The molecule has 0 saturated carbocycles. The van der Waals surface area contributed by atoms with Gasteiger partial charge in [0.15, 0.2) is 0 Å². The van der Waals surface area contributed by atoms with Crippen LogP contribution in [0, 0.1) is 0 Å². The zero-order valence-corrected chi connectivity index (χ0v) is 18.3. The van der Waals surface area contributed by atoms with Crippen LogP contribution in [0.25, 0.3) is 0 Å². The summed E-state index contributed by atoms with van der Waals surface area (Å²) < 4.78 is 30.5. The second-order valence-electron chi connectivity index (χ2n) is 6.12. The minimum absolute atomic E-state index is 0.0941. The third-order valence-electron chi connectivity index (χ3n) is 3.90. The molecule has 1 N–H and O–H groups in total. The van der Waals surface area contributed by atoms with Crippen LogP contribution >= 0.6 is 23.2 Å². The van der Waals surface area contributed by atoms with Gasteiger partial charge in [0.25, 0.3) is 0 Å². The van der Waals surface area contributed by atoms with E-state index in [0.717, 1.165) is 10.6 Å². The van der Waals surface area contributed by atoms with Crippen molar-refractivity contribution in [2.24, 2.45) is 0 Å². The van der Waals surface area contributed by atoms with Crippen LogP contribution in [0.4, 0.5) is 11.4 Å². The predicted molar refractivity (Wildman–Crippen MR) is 114 cm³/mol. The molecule has 7 nitrogen and oxygen atoms in total. The Kier molecular flexibility index (Phi) is 7.51. The Balaban J connectivity index is 2.29. The molecule has 1 atom stereocenters. The molecule has 0 unspecified atom stereocenters. The second-order valence-corrected chi connectivity index (χ2v) is 8.82. The maximum Gasteiger partial charge on any atom is 0.339 e. The highest BCUT2D eigenvalue weighted by molar-refractivity contribution is 7.92. The Morgan fingerprint density at radius 2 is 1.76 bits per heavy atom. The van der Waals surface area contributed by atoms with Crippen LogP contribution in [0.5, 0.6) is 0 Å². The zero-order chi connectivity index (χ0) is 21.8. The first-order chi connectivity index (χ1) is 13.5. The molecule has 10 heteroatoms. The monoisotopic (exact) mass is 458 g/mol. The van der Waals surface area contributed by atoms with Gasteiger partial charge in [-0.25, -0.2) is 13.2 Å². The van der Waals surface area contributed by atoms with Gasteiger partial charge in [0.05, 0.1) is 29.1 Å². The Bertz CT molecular complexity index is 1010. The molecule has 0 aliphatic heterocycles. The minimum Gasteiger partial charge on any atom is -0.462 e. The summed E-state index contributed by atoms with van der Waals surface area (Å²) in [4.78, 5) is 24.7. The molecule has 0 aromatic heterocycles. The van der Waals surface area contributed by atoms with Gasteiger partial charge in [-0.05, 0) is 56.3 Å². The molecule has 1 amide bonds. The normalized spacial score (nSPS) is 12.2. The average Bonchev–Trinajstić information content (AvgIpc) is 2.64. The number of hydrogen-bond donors (Lipinski definition) is 1. The van der Waals surface area contributed by atoms with E-state index < -0.39 is 27.9 Å². The molecule has 0 spiro atoms. The smallest absolute Gasteiger partial charge is 0.339 e. The lowest BCUT2D eigenvalue weighted by atomic mass is 10.2. The lowest BCUT2D eigenvalue weighted by molar-refractivity contribution is -0.116. The van der Waals surface area contributed by atoms with Crippen LogP contribution in [-0.2, 0) is 19.6 Å². The Morgan fingerprint density at radius 1 is 1.14 bits per heavy atom. The van der Waals surface area contributed by atoms with E-state index in [2.05, 4.69) is 5.32 Å². The summed E-state index contributed by atoms with van der Waals surface area (Å²) in [6.45, 7) is 3.29. The van der Waals surface area contributed by atoms with Crippen molar-refractivity contribution in [1.29, 1.82) is 0 Å². The quantitative estimate of drug-likeness (QED) is 0.633. The minimum atomic E-state index is -3.77. The second kappa shape index (κ2) is 9.47. The molecular formula is C19H20Cl2N2O5S. The number of benzene rings is 2. The maximum absolute atomic E-state index is 12.7. The number of rotatable bonds is 7. The van der Waals surface area contributed by atoms with Crippen molar-refractivity contribution in [2.45, 2.75) is 19.9 Å². The number of amides is 1. The third kappa shape index (κ3) is 5.85. The van der Waals surface area contributed by atoms with Gasteiger partial charge in [0.1, 0.15) is 6.04 Å². The van der Waals surface area contributed by atoms with E-state index in [0.29, 0.717) is 10.7 Å². The summed E-state index contributed by atoms with van der Waals surface area (Å²) in [6.07, 6.45) is 1.01. The molecule has 0 saturated heterocycles. The lowest BCUT2D eigenvalue weighted by Gasteiger charge is -2.28. The van der Waals surface area contributed by atoms with E-state index >= 15 is 0 Å². The number of nitrogens with zero attached hydrogens (tertiary/aromatic N) is 1. The molecule has 0 bridgehead atoms. The van der Waals surface area contributed by atoms with E-state index in [4.69, 9.17) is 27.9 Å². The Hall–Kier alpha value is -2.29. The number of carbonyl (C=O) groups is 2.